The van der Waals surface area contributed by atoms with Crippen molar-refractivity contribution in [1.29, 1.82) is 0 Å². The minimum Gasteiger partial charge on any atom is -0.354 e. The molecular weight excluding hydrogens is 242 g/mol. The molecule has 1 unspecified atom stereocenters. The van der Waals surface area contributed by atoms with Gasteiger partial charge in [-0.05, 0) is 26.2 Å². The number of amides is 1. The van der Waals surface area contributed by atoms with E-state index < -0.39 is 0 Å². The average molecular weight is 263 g/mol. The Hall–Kier alpha value is -1.62. The molecule has 19 heavy (non-hydrogen) atoms. The van der Waals surface area contributed by atoms with Crippen LogP contribution in [0.1, 0.15) is 35.3 Å². The number of aromatic nitrogens is 1. The first kappa shape index (κ1) is 13.8. The molecule has 2 rings (SSSR count). The fraction of sp³-hybridized carbons (Fsp3) is 0.571. The lowest BCUT2D eigenvalue weighted by Gasteiger charge is -2.35. The van der Waals surface area contributed by atoms with Crippen LogP contribution in [0.3, 0.4) is 0 Å². The highest BCUT2D eigenvalue weighted by molar-refractivity contribution is 5.94. The van der Waals surface area contributed by atoms with Gasteiger partial charge in [-0.2, -0.15) is 0 Å². The molecule has 0 aliphatic carbocycles. The molecule has 1 aliphatic heterocycles. The van der Waals surface area contributed by atoms with Crippen LogP contribution in [0.15, 0.2) is 17.1 Å². The lowest BCUT2D eigenvalue weighted by molar-refractivity contribution is 0.0621. The van der Waals surface area contributed by atoms with Crippen molar-refractivity contribution in [2.24, 2.45) is 12.8 Å². The zero-order valence-corrected chi connectivity index (χ0v) is 11.6. The van der Waals surface area contributed by atoms with Gasteiger partial charge in [-0.3, -0.25) is 9.59 Å². The second-order valence-electron chi connectivity index (χ2n) is 5.19. The summed E-state index contributed by atoms with van der Waals surface area (Å²) in [7, 11) is 1.84. The number of hydrogen-bond acceptors (Lipinski definition) is 3. The van der Waals surface area contributed by atoms with Crippen molar-refractivity contribution in [3.8, 4) is 0 Å². The number of nitrogens with two attached hydrogens (primary N) is 1. The largest absolute Gasteiger partial charge is 0.354 e. The standard InChI is InChI=1S/C14H21N3O2/c1-10-7-13(18)12(9-16(10)2)14(19)17-6-4-3-5-11(17)8-15/h7,9,11H,3-6,8,15H2,1-2H3. The van der Waals surface area contributed by atoms with Crippen molar-refractivity contribution in [2.45, 2.75) is 32.2 Å². The predicted octanol–water partition coefficient (Wildman–Crippen LogP) is 0.647. The molecule has 1 amide bonds. The Morgan fingerprint density at radius 3 is 2.89 bits per heavy atom. The Morgan fingerprint density at radius 2 is 2.21 bits per heavy atom. The number of aryl methyl sites for hydroxylation is 2. The minimum absolute atomic E-state index is 0.0623. The van der Waals surface area contributed by atoms with E-state index in [4.69, 9.17) is 5.73 Å². The molecule has 0 bridgehead atoms. The molecule has 5 nitrogen and oxygen atoms in total. The number of pyridine rings is 1. The van der Waals surface area contributed by atoms with Crippen LogP contribution in [-0.4, -0.2) is 34.5 Å². The third kappa shape index (κ3) is 2.71. The smallest absolute Gasteiger partial charge is 0.259 e. The number of nitrogens with zero attached hydrogens (tertiary/aromatic N) is 2. The highest BCUT2D eigenvalue weighted by atomic mass is 16.2. The normalized spacial score (nSPS) is 19.5. The summed E-state index contributed by atoms with van der Waals surface area (Å²) in [5.74, 6) is -0.184. The number of carbonyl (C=O) groups is 1. The van der Waals surface area contributed by atoms with E-state index in [2.05, 4.69) is 0 Å². The van der Waals surface area contributed by atoms with Gasteiger partial charge >= 0.3 is 0 Å². The molecule has 1 aliphatic rings. The SMILES string of the molecule is Cc1cc(=O)c(C(=O)N2CCCCC2CN)cn1C. The monoisotopic (exact) mass is 263 g/mol. The zero-order chi connectivity index (χ0) is 14.0. The van der Waals surface area contributed by atoms with E-state index in [1.165, 1.54) is 6.07 Å². The maximum Gasteiger partial charge on any atom is 0.259 e. The van der Waals surface area contributed by atoms with Crippen LogP contribution in [0.25, 0.3) is 0 Å². The second-order valence-corrected chi connectivity index (χ2v) is 5.19. The Kier molecular flexibility index (Phi) is 4.04. The zero-order valence-electron chi connectivity index (χ0n) is 11.6. The first-order valence-corrected chi connectivity index (χ1v) is 6.73. The molecule has 104 valence electrons. The van der Waals surface area contributed by atoms with Crippen LogP contribution in [0.5, 0.6) is 0 Å². The molecular formula is C14H21N3O2. The number of rotatable bonds is 2. The van der Waals surface area contributed by atoms with Gasteiger partial charge in [0.05, 0.1) is 0 Å². The van der Waals surface area contributed by atoms with Crippen LogP contribution >= 0.6 is 0 Å². The van der Waals surface area contributed by atoms with Crippen LogP contribution in [0.2, 0.25) is 0 Å². The lowest BCUT2D eigenvalue weighted by Crippen LogP contribution is -2.48. The summed E-state index contributed by atoms with van der Waals surface area (Å²) in [5.41, 5.74) is 6.60. The molecule has 1 saturated heterocycles. The quantitative estimate of drug-likeness (QED) is 0.851. The lowest BCUT2D eigenvalue weighted by atomic mass is 10.0. The van der Waals surface area contributed by atoms with Crippen molar-refractivity contribution in [1.82, 2.24) is 9.47 Å². The summed E-state index contributed by atoms with van der Waals surface area (Å²) < 4.78 is 1.80. The van der Waals surface area contributed by atoms with Crippen molar-refractivity contribution in [2.75, 3.05) is 13.1 Å². The predicted molar refractivity (Wildman–Crippen MR) is 74.1 cm³/mol. The van der Waals surface area contributed by atoms with Gasteiger partial charge < -0.3 is 15.2 Å². The van der Waals surface area contributed by atoms with Crippen molar-refractivity contribution in [3.63, 3.8) is 0 Å². The summed E-state index contributed by atoms with van der Waals surface area (Å²) >= 11 is 0. The fourth-order valence-corrected chi connectivity index (χ4v) is 2.56. The van der Waals surface area contributed by atoms with Gasteiger partial charge in [-0.15, -0.1) is 0 Å². The van der Waals surface area contributed by atoms with Gasteiger partial charge in [0.15, 0.2) is 5.43 Å². The van der Waals surface area contributed by atoms with Crippen LogP contribution in [0.4, 0.5) is 0 Å². The van der Waals surface area contributed by atoms with Crippen molar-refractivity contribution >= 4 is 5.91 Å². The van der Waals surface area contributed by atoms with Gasteiger partial charge in [-0.25, -0.2) is 0 Å². The molecule has 2 heterocycles. The van der Waals surface area contributed by atoms with Crippen LogP contribution < -0.4 is 11.2 Å². The second kappa shape index (κ2) is 5.57. The molecule has 1 aromatic rings. The molecule has 0 saturated carbocycles. The molecule has 2 N–H and O–H groups in total. The van der Waals surface area contributed by atoms with Gasteiger partial charge in [0.25, 0.3) is 5.91 Å². The third-order valence-corrected chi connectivity index (χ3v) is 3.88. The van der Waals surface area contributed by atoms with E-state index in [0.717, 1.165) is 25.0 Å². The fourth-order valence-electron chi connectivity index (χ4n) is 2.56. The molecule has 0 spiro atoms. The number of likely N-dealkylation sites (tertiary alicyclic amines) is 1. The number of hydrogen-bond donors (Lipinski definition) is 1. The molecule has 5 heteroatoms. The van der Waals surface area contributed by atoms with Gasteiger partial charge in [0.1, 0.15) is 5.56 Å². The number of piperidine rings is 1. The molecule has 0 aromatic carbocycles. The van der Waals surface area contributed by atoms with E-state index in [9.17, 15) is 9.59 Å². The first-order valence-electron chi connectivity index (χ1n) is 6.73. The highest BCUT2D eigenvalue weighted by Crippen LogP contribution is 2.18. The minimum atomic E-state index is -0.207. The summed E-state index contributed by atoms with van der Waals surface area (Å²) in [5, 5.41) is 0. The summed E-state index contributed by atoms with van der Waals surface area (Å²) in [6.45, 7) is 2.99. The van der Waals surface area contributed by atoms with Gasteiger partial charge in [-0.1, -0.05) is 0 Å². The molecule has 1 aromatic heterocycles. The molecule has 0 radical (unpaired) electrons. The van der Waals surface area contributed by atoms with Crippen molar-refractivity contribution < 1.29 is 4.79 Å². The van der Waals surface area contributed by atoms with E-state index >= 15 is 0 Å². The van der Waals surface area contributed by atoms with E-state index in [-0.39, 0.29) is 22.9 Å². The van der Waals surface area contributed by atoms with E-state index in [1.807, 2.05) is 14.0 Å². The van der Waals surface area contributed by atoms with Crippen molar-refractivity contribution in [3.05, 3.63) is 33.7 Å². The summed E-state index contributed by atoms with van der Waals surface area (Å²) in [4.78, 5) is 26.2. The first-order chi connectivity index (χ1) is 9.04. The Bertz CT molecular complexity index is 536. The topological polar surface area (TPSA) is 68.3 Å². The Labute approximate surface area is 113 Å². The van der Waals surface area contributed by atoms with Crippen LogP contribution in [0, 0.1) is 6.92 Å². The molecule has 1 atom stereocenters. The maximum absolute atomic E-state index is 12.5. The summed E-state index contributed by atoms with van der Waals surface area (Å²) in [6.07, 6.45) is 4.63. The number of carbonyl (C=O) groups excluding carboxylic acids is 1. The Balaban J connectivity index is 2.33. The third-order valence-electron chi connectivity index (χ3n) is 3.88. The Morgan fingerprint density at radius 1 is 1.47 bits per heavy atom. The maximum atomic E-state index is 12.5. The molecule has 1 fully saturated rings. The van der Waals surface area contributed by atoms with E-state index in [1.54, 1.807) is 15.7 Å². The van der Waals surface area contributed by atoms with Gasteiger partial charge in [0.2, 0.25) is 0 Å². The van der Waals surface area contributed by atoms with Crippen LogP contribution in [-0.2, 0) is 7.05 Å². The van der Waals surface area contributed by atoms with Gasteiger partial charge in [0, 0.05) is 44.1 Å². The average Bonchev–Trinajstić information content (AvgIpc) is 2.42. The highest BCUT2D eigenvalue weighted by Gasteiger charge is 2.27. The van der Waals surface area contributed by atoms with E-state index in [0.29, 0.717) is 13.1 Å². The summed E-state index contributed by atoms with van der Waals surface area (Å²) in [6, 6.07) is 1.57.